The Labute approximate surface area is 176 Å². The Kier molecular flexibility index (Phi) is 5.84. The molecule has 2 aliphatic rings. The van der Waals surface area contributed by atoms with E-state index in [4.69, 9.17) is 0 Å². The largest absolute Gasteiger partial charge is 0.354 e. The summed E-state index contributed by atoms with van der Waals surface area (Å²) in [6.45, 7) is 0.323. The molecule has 1 heterocycles. The molecular weight excluding hydrogens is 378 g/mol. The topological polar surface area (TPSA) is 78.5 Å². The summed E-state index contributed by atoms with van der Waals surface area (Å²) in [7, 11) is 0. The van der Waals surface area contributed by atoms with Crippen molar-refractivity contribution in [2.24, 2.45) is 5.92 Å². The molecule has 1 saturated carbocycles. The third-order valence-corrected chi connectivity index (χ3v) is 6.13. The molecule has 0 aromatic heterocycles. The quantitative estimate of drug-likeness (QED) is 0.725. The number of carbonyl (C=O) groups is 3. The minimum atomic E-state index is -1.33. The Morgan fingerprint density at radius 1 is 0.933 bits per heavy atom. The molecule has 6 nitrogen and oxygen atoms in total. The van der Waals surface area contributed by atoms with E-state index in [-0.39, 0.29) is 12.5 Å². The van der Waals surface area contributed by atoms with Crippen molar-refractivity contribution in [2.45, 2.75) is 37.6 Å². The minimum absolute atomic E-state index is 0.279. The predicted octanol–water partition coefficient (Wildman–Crippen LogP) is 3.18. The van der Waals surface area contributed by atoms with Crippen LogP contribution in [0.25, 0.3) is 0 Å². The Balaban J connectivity index is 1.54. The lowest BCUT2D eigenvalue weighted by Gasteiger charge is -2.28. The van der Waals surface area contributed by atoms with E-state index in [0.717, 1.165) is 17.7 Å². The van der Waals surface area contributed by atoms with Gasteiger partial charge in [0, 0.05) is 6.54 Å². The van der Waals surface area contributed by atoms with Gasteiger partial charge in [-0.25, -0.2) is 4.79 Å². The van der Waals surface area contributed by atoms with E-state index in [1.807, 2.05) is 60.7 Å². The summed E-state index contributed by atoms with van der Waals surface area (Å²) in [5.41, 5.74) is 0.00260. The maximum absolute atomic E-state index is 13.5. The highest BCUT2D eigenvalue weighted by molar-refractivity contribution is 6.11. The van der Waals surface area contributed by atoms with Gasteiger partial charge in [0.05, 0.1) is 0 Å². The van der Waals surface area contributed by atoms with Crippen LogP contribution in [0.4, 0.5) is 4.79 Å². The average Bonchev–Trinajstić information content (AvgIpc) is 3.05. The molecule has 1 aliphatic heterocycles. The molecule has 0 unspecified atom stereocenters. The van der Waals surface area contributed by atoms with Gasteiger partial charge < -0.3 is 10.6 Å². The Bertz CT molecular complexity index is 868. The fourth-order valence-corrected chi connectivity index (χ4v) is 4.50. The average molecular weight is 405 g/mol. The van der Waals surface area contributed by atoms with Crippen LogP contribution in [0.2, 0.25) is 0 Å². The zero-order valence-corrected chi connectivity index (χ0v) is 17.0. The van der Waals surface area contributed by atoms with Crippen LogP contribution < -0.4 is 10.6 Å². The number of rotatable bonds is 6. The van der Waals surface area contributed by atoms with E-state index >= 15 is 0 Å². The molecule has 30 heavy (non-hydrogen) atoms. The predicted molar refractivity (Wildman–Crippen MR) is 113 cm³/mol. The molecular formula is C24H27N3O3. The molecule has 4 rings (SSSR count). The van der Waals surface area contributed by atoms with Gasteiger partial charge in [-0.15, -0.1) is 0 Å². The van der Waals surface area contributed by atoms with Crippen LogP contribution in [0.3, 0.4) is 0 Å². The normalized spacial score (nSPS) is 18.9. The van der Waals surface area contributed by atoms with E-state index in [2.05, 4.69) is 10.6 Å². The van der Waals surface area contributed by atoms with Gasteiger partial charge in [0.25, 0.3) is 5.91 Å². The zero-order valence-electron chi connectivity index (χ0n) is 17.0. The molecule has 1 saturated heterocycles. The maximum Gasteiger partial charge on any atom is 0.326 e. The van der Waals surface area contributed by atoms with Crippen molar-refractivity contribution in [3.63, 3.8) is 0 Å². The first kappa shape index (κ1) is 20.1. The number of carbonyl (C=O) groups excluding carboxylic acids is 3. The summed E-state index contributed by atoms with van der Waals surface area (Å²) in [6.07, 6.45) is 5.89. The van der Waals surface area contributed by atoms with Crippen molar-refractivity contribution in [1.29, 1.82) is 0 Å². The van der Waals surface area contributed by atoms with Crippen molar-refractivity contribution < 1.29 is 14.4 Å². The Morgan fingerprint density at radius 2 is 1.50 bits per heavy atom. The van der Waals surface area contributed by atoms with Gasteiger partial charge in [0.1, 0.15) is 6.54 Å². The second-order valence-corrected chi connectivity index (χ2v) is 8.11. The monoisotopic (exact) mass is 405 g/mol. The Morgan fingerprint density at radius 3 is 2.07 bits per heavy atom. The number of benzene rings is 2. The molecule has 2 N–H and O–H groups in total. The molecule has 4 amide bonds. The van der Waals surface area contributed by atoms with E-state index in [1.165, 1.54) is 19.3 Å². The molecule has 0 radical (unpaired) electrons. The summed E-state index contributed by atoms with van der Waals surface area (Å²) >= 11 is 0. The lowest BCUT2D eigenvalue weighted by atomic mass is 9.82. The number of imide groups is 1. The van der Waals surface area contributed by atoms with Crippen molar-refractivity contribution in [2.75, 3.05) is 13.1 Å². The third-order valence-electron chi connectivity index (χ3n) is 6.13. The number of nitrogens with zero attached hydrogens (tertiary/aromatic N) is 1. The van der Waals surface area contributed by atoms with Crippen molar-refractivity contribution in [3.8, 4) is 0 Å². The lowest BCUT2D eigenvalue weighted by Crippen LogP contribution is -2.46. The highest BCUT2D eigenvalue weighted by Gasteiger charge is 2.54. The van der Waals surface area contributed by atoms with Crippen LogP contribution in [-0.2, 0) is 15.1 Å². The zero-order chi connectivity index (χ0) is 21.0. The van der Waals surface area contributed by atoms with Gasteiger partial charge in [0.15, 0.2) is 5.54 Å². The summed E-state index contributed by atoms with van der Waals surface area (Å²) in [5.74, 6) is -0.253. The smallest absolute Gasteiger partial charge is 0.326 e. The van der Waals surface area contributed by atoms with Gasteiger partial charge >= 0.3 is 6.03 Å². The van der Waals surface area contributed by atoms with Crippen LogP contribution in [0.15, 0.2) is 60.7 Å². The van der Waals surface area contributed by atoms with Crippen molar-refractivity contribution in [1.82, 2.24) is 15.5 Å². The first-order chi connectivity index (χ1) is 14.6. The number of hydrogen-bond donors (Lipinski definition) is 2. The van der Waals surface area contributed by atoms with Gasteiger partial charge in [-0.3, -0.25) is 14.5 Å². The number of nitrogens with one attached hydrogen (secondary N) is 2. The number of hydrogen-bond acceptors (Lipinski definition) is 3. The lowest BCUT2D eigenvalue weighted by molar-refractivity contribution is -0.134. The highest BCUT2D eigenvalue weighted by Crippen LogP contribution is 2.35. The Hall–Kier alpha value is -3.15. The van der Waals surface area contributed by atoms with E-state index in [0.29, 0.717) is 23.6 Å². The van der Waals surface area contributed by atoms with Gasteiger partial charge in [-0.2, -0.15) is 0 Å². The van der Waals surface area contributed by atoms with E-state index < -0.39 is 17.5 Å². The standard InChI is InChI=1S/C24H27N3O3/c28-21(25-16-18-10-4-1-5-11-18)17-27-22(29)24(26-23(27)30,19-12-6-2-7-13-19)20-14-8-3-9-15-20/h2-3,6-9,12-15,18H,1,4-5,10-11,16-17H2,(H,25,28)(H,26,30). The van der Waals surface area contributed by atoms with Crippen LogP contribution in [0.5, 0.6) is 0 Å². The summed E-state index contributed by atoms with van der Waals surface area (Å²) in [6, 6.07) is 17.8. The number of urea groups is 1. The first-order valence-electron chi connectivity index (χ1n) is 10.6. The van der Waals surface area contributed by atoms with E-state index in [1.54, 1.807) is 0 Å². The first-order valence-corrected chi connectivity index (χ1v) is 10.6. The second kappa shape index (κ2) is 8.69. The SMILES string of the molecule is O=C(CN1C(=O)NC(c2ccccc2)(c2ccccc2)C1=O)NCC1CCCCC1. The molecule has 0 atom stereocenters. The van der Waals surface area contributed by atoms with Gasteiger partial charge in [-0.05, 0) is 29.9 Å². The molecule has 2 fully saturated rings. The number of amides is 4. The van der Waals surface area contributed by atoms with Crippen molar-refractivity contribution >= 4 is 17.8 Å². The van der Waals surface area contributed by atoms with Crippen LogP contribution in [-0.4, -0.2) is 35.8 Å². The second-order valence-electron chi connectivity index (χ2n) is 8.11. The summed E-state index contributed by atoms with van der Waals surface area (Å²) in [4.78, 5) is 39.9. The summed E-state index contributed by atoms with van der Waals surface area (Å²) in [5, 5.41) is 5.78. The van der Waals surface area contributed by atoms with Gasteiger partial charge in [0.2, 0.25) is 5.91 Å². The minimum Gasteiger partial charge on any atom is -0.354 e. The molecule has 0 spiro atoms. The van der Waals surface area contributed by atoms with Crippen molar-refractivity contribution in [3.05, 3.63) is 71.8 Å². The molecule has 2 aromatic carbocycles. The fourth-order valence-electron chi connectivity index (χ4n) is 4.50. The molecule has 0 bridgehead atoms. The molecule has 2 aromatic rings. The van der Waals surface area contributed by atoms with Crippen LogP contribution >= 0.6 is 0 Å². The maximum atomic E-state index is 13.5. The fraction of sp³-hybridized carbons (Fsp3) is 0.375. The molecule has 1 aliphatic carbocycles. The van der Waals surface area contributed by atoms with E-state index in [9.17, 15) is 14.4 Å². The third kappa shape index (κ3) is 3.82. The van der Waals surface area contributed by atoms with Gasteiger partial charge in [-0.1, -0.05) is 79.9 Å². The molecule has 6 heteroatoms. The molecule has 156 valence electrons. The van der Waals surface area contributed by atoms with Crippen LogP contribution in [0, 0.1) is 5.92 Å². The highest BCUT2D eigenvalue weighted by atomic mass is 16.2. The summed E-state index contributed by atoms with van der Waals surface area (Å²) < 4.78 is 0. The van der Waals surface area contributed by atoms with Crippen LogP contribution in [0.1, 0.15) is 43.2 Å².